The maximum atomic E-state index is 12.4. The Morgan fingerprint density at radius 2 is 1.94 bits per heavy atom. The molecule has 3 aromatic rings. The largest absolute Gasteiger partial charge is 0.573 e. The molecule has 0 spiro atoms. The Kier molecular flexibility index (Phi) is 5.69. The summed E-state index contributed by atoms with van der Waals surface area (Å²) in [4.78, 5) is 9.32. The van der Waals surface area contributed by atoms with E-state index in [-0.39, 0.29) is 5.75 Å². The molecule has 0 bridgehead atoms. The predicted molar refractivity (Wildman–Crippen MR) is 117 cm³/mol. The number of ether oxygens (including phenoxy) is 1. The summed E-state index contributed by atoms with van der Waals surface area (Å²) in [6, 6.07) is 7.54. The van der Waals surface area contributed by atoms with Crippen LogP contribution in [0.2, 0.25) is 0 Å². The van der Waals surface area contributed by atoms with E-state index in [2.05, 4.69) is 26.4 Å². The summed E-state index contributed by atoms with van der Waals surface area (Å²) in [6.45, 7) is 3.97. The van der Waals surface area contributed by atoms with Crippen molar-refractivity contribution in [1.29, 1.82) is 0 Å². The van der Waals surface area contributed by atoms with Crippen molar-refractivity contribution in [2.75, 3.05) is 5.32 Å². The number of allylic oxidation sites excluding steroid dienone is 1. The van der Waals surface area contributed by atoms with Gasteiger partial charge in [-0.1, -0.05) is 13.0 Å². The molecule has 1 aliphatic heterocycles. The minimum Gasteiger partial charge on any atom is -0.406 e. The van der Waals surface area contributed by atoms with Crippen LogP contribution in [0.1, 0.15) is 29.5 Å². The van der Waals surface area contributed by atoms with Crippen molar-refractivity contribution in [1.82, 2.24) is 15.3 Å². The monoisotopic (exact) mass is 444 g/mol. The molecule has 0 unspecified atom stereocenters. The first-order chi connectivity index (χ1) is 14.8. The molecule has 0 saturated heterocycles. The van der Waals surface area contributed by atoms with Crippen molar-refractivity contribution in [3.63, 3.8) is 0 Å². The lowest BCUT2D eigenvalue weighted by Gasteiger charge is -2.21. The number of fused-ring (bicyclic) bond motifs is 1. The van der Waals surface area contributed by atoms with Crippen LogP contribution in [0.4, 0.5) is 24.7 Å². The summed E-state index contributed by atoms with van der Waals surface area (Å²) in [6.07, 6.45) is 1.98. The lowest BCUT2D eigenvalue weighted by Crippen LogP contribution is -2.17. The first-order valence-corrected chi connectivity index (χ1v) is 10.4. The second-order valence-corrected chi connectivity index (χ2v) is 7.84. The molecule has 1 aliphatic rings. The number of aromatic nitrogens is 2. The third-order valence-electron chi connectivity index (χ3n) is 4.46. The Morgan fingerprint density at radius 1 is 1.16 bits per heavy atom. The number of alkyl halides is 3. The summed E-state index contributed by atoms with van der Waals surface area (Å²) in [7, 11) is 0. The van der Waals surface area contributed by atoms with E-state index >= 15 is 0 Å². The van der Waals surface area contributed by atoms with Crippen molar-refractivity contribution < 1.29 is 17.9 Å². The normalized spacial score (nSPS) is 14.3. The molecular formula is C22H19F3N4OS. The van der Waals surface area contributed by atoms with Gasteiger partial charge in [0, 0.05) is 28.5 Å². The molecule has 0 fully saturated rings. The number of halogens is 3. The van der Waals surface area contributed by atoms with Gasteiger partial charge >= 0.3 is 6.36 Å². The molecule has 0 saturated carbocycles. The van der Waals surface area contributed by atoms with E-state index < -0.39 is 6.36 Å². The number of nitrogens with one attached hydrogen (secondary N) is 2. The van der Waals surface area contributed by atoms with Gasteiger partial charge in [0.25, 0.3) is 0 Å². The summed E-state index contributed by atoms with van der Waals surface area (Å²) >= 11 is 1.54. The molecular weight excluding hydrogens is 425 g/mol. The van der Waals surface area contributed by atoms with Gasteiger partial charge in [0.15, 0.2) is 0 Å². The molecule has 4 rings (SSSR count). The van der Waals surface area contributed by atoms with Crippen LogP contribution in [0.25, 0.3) is 23.2 Å². The molecule has 2 N–H and O–H groups in total. The molecule has 0 radical (unpaired) electrons. The number of nitrogens with zero attached hydrogens (tertiary/aromatic N) is 2. The number of pyridine rings is 1. The zero-order chi connectivity index (χ0) is 22.0. The minimum absolute atomic E-state index is 0.282. The van der Waals surface area contributed by atoms with Crippen LogP contribution in [0.3, 0.4) is 0 Å². The van der Waals surface area contributed by atoms with Gasteiger partial charge < -0.3 is 15.4 Å². The van der Waals surface area contributed by atoms with Gasteiger partial charge in [0.1, 0.15) is 11.6 Å². The van der Waals surface area contributed by atoms with Gasteiger partial charge in [-0.05, 0) is 55.3 Å². The van der Waals surface area contributed by atoms with E-state index in [1.54, 1.807) is 11.3 Å². The maximum Gasteiger partial charge on any atom is 0.573 e. The third kappa shape index (κ3) is 4.88. The van der Waals surface area contributed by atoms with Crippen LogP contribution in [-0.4, -0.2) is 16.3 Å². The minimum atomic E-state index is -4.73. The number of anilines is 2. The number of aryl methyl sites for hydroxylation is 1. The van der Waals surface area contributed by atoms with Crippen LogP contribution >= 0.6 is 11.3 Å². The van der Waals surface area contributed by atoms with Gasteiger partial charge in [-0.2, -0.15) is 0 Å². The van der Waals surface area contributed by atoms with Gasteiger partial charge in [0.2, 0.25) is 0 Å². The highest BCUT2D eigenvalue weighted by Crippen LogP contribution is 2.35. The lowest BCUT2D eigenvalue weighted by molar-refractivity contribution is -0.274. The van der Waals surface area contributed by atoms with Crippen LogP contribution < -0.4 is 15.4 Å². The Hall–Kier alpha value is -3.33. The fraction of sp³-hybridized carbons (Fsp3) is 0.182. The zero-order valence-corrected chi connectivity index (χ0v) is 17.6. The molecule has 31 heavy (non-hydrogen) atoms. The molecule has 9 heteroatoms. The highest BCUT2D eigenvalue weighted by atomic mass is 32.1. The molecule has 0 aliphatic carbocycles. The Morgan fingerprint density at radius 3 is 2.58 bits per heavy atom. The average Bonchev–Trinajstić information content (AvgIpc) is 3.15. The first kappa shape index (κ1) is 20.9. The number of hydrogen-bond acceptors (Lipinski definition) is 6. The van der Waals surface area contributed by atoms with Crippen molar-refractivity contribution in [3.05, 3.63) is 64.1 Å². The van der Waals surface area contributed by atoms with E-state index in [9.17, 15) is 13.2 Å². The van der Waals surface area contributed by atoms with Crippen molar-refractivity contribution in [2.24, 2.45) is 0 Å². The van der Waals surface area contributed by atoms with Crippen molar-refractivity contribution in [3.8, 4) is 17.1 Å². The van der Waals surface area contributed by atoms with Crippen molar-refractivity contribution in [2.45, 2.75) is 26.6 Å². The van der Waals surface area contributed by atoms with E-state index in [0.717, 1.165) is 33.9 Å². The second-order valence-electron chi connectivity index (χ2n) is 6.77. The number of thiazole rings is 1. The number of benzene rings is 1. The molecule has 2 aromatic heterocycles. The number of hydrogen-bond donors (Lipinski definition) is 2. The fourth-order valence-electron chi connectivity index (χ4n) is 3.22. The van der Waals surface area contributed by atoms with Crippen LogP contribution in [0.15, 0.2) is 48.0 Å². The van der Waals surface area contributed by atoms with Gasteiger partial charge in [-0.3, -0.25) is 0 Å². The summed E-state index contributed by atoms with van der Waals surface area (Å²) in [5.74, 6) is 0.301. The van der Waals surface area contributed by atoms with Gasteiger partial charge in [-0.25, -0.2) is 9.97 Å². The Labute approximate surface area is 181 Å². The van der Waals surface area contributed by atoms with Crippen LogP contribution in [0.5, 0.6) is 5.75 Å². The van der Waals surface area contributed by atoms with Gasteiger partial charge in [0.05, 0.1) is 16.4 Å². The van der Waals surface area contributed by atoms with Crippen LogP contribution in [-0.2, 0) is 0 Å². The van der Waals surface area contributed by atoms with E-state index in [0.29, 0.717) is 17.2 Å². The molecule has 3 heterocycles. The Balaban J connectivity index is 1.74. The maximum absolute atomic E-state index is 12.4. The molecule has 1 aromatic carbocycles. The SMILES string of the molecule is CC/C=C1\NC=Cc2cc(-c3csc(C)n3)nc(Nc3ccc(OC(F)(F)F)cc3)c21. The molecule has 160 valence electrons. The topological polar surface area (TPSA) is 59.1 Å². The fourth-order valence-corrected chi connectivity index (χ4v) is 3.82. The van der Waals surface area contributed by atoms with E-state index in [1.807, 2.05) is 37.6 Å². The van der Waals surface area contributed by atoms with Gasteiger partial charge in [-0.15, -0.1) is 24.5 Å². The highest BCUT2D eigenvalue weighted by Gasteiger charge is 2.31. The summed E-state index contributed by atoms with van der Waals surface area (Å²) in [5, 5.41) is 9.37. The smallest absolute Gasteiger partial charge is 0.406 e. The molecule has 5 nitrogen and oxygen atoms in total. The van der Waals surface area contributed by atoms with E-state index in [1.165, 1.54) is 24.3 Å². The standard InChI is InChI=1S/C22H19F3N4OS/c1-3-4-17-20-14(9-10-26-17)11-18(19-12-31-13(2)27-19)29-21(20)28-15-5-7-16(8-6-15)30-22(23,24)25/h4-12,26H,3H2,1-2H3,(H,28,29)/b17-4-. The molecule has 0 amide bonds. The average molecular weight is 444 g/mol. The Bertz CT molecular complexity index is 1150. The second kappa shape index (κ2) is 8.43. The summed E-state index contributed by atoms with van der Waals surface area (Å²) in [5.41, 5.74) is 4.83. The highest BCUT2D eigenvalue weighted by molar-refractivity contribution is 7.09. The summed E-state index contributed by atoms with van der Waals surface area (Å²) < 4.78 is 41.2. The van der Waals surface area contributed by atoms with Crippen LogP contribution in [0, 0.1) is 6.92 Å². The predicted octanol–water partition coefficient (Wildman–Crippen LogP) is 6.48. The quantitative estimate of drug-likeness (QED) is 0.472. The molecule has 0 atom stereocenters. The van der Waals surface area contributed by atoms with E-state index in [4.69, 9.17) is 4.98 Å². The third-order valence-corrected chi connectivity index (χ3v) is 5.23. The van der Waals surface area contributed by atoms with Crippen molar-refractivity contribution >= 4 is 34.6 Å². The zero-order valence-electron chi connectivity index (χ0n) is 16.7. The first-order valence-electron chi connectivity index (χ1n) is 9.56. The lowest BCUT2D eigenvalue weighted by atomic mass is 10.00. The number of rotatable bonds is 5.